The number of aromatic amines is 2. The molecule has 4 N–H and O–H groups in total. The predicted octanol–water partition coefficient (Wildman–Crippen LogP) is 1.63. The smallest absolute Gasteiger partial charge is 0.312 e. The highest BCUT2D eigenvalue weighted by Crippen LogP contribution is 2.26. The van der Waals surface area contributed by atoms with Crippen molar-refractivity contribution in [2.75, 3.05) is 14.7 Å². The van der Waals surface area contributed by atoms with Crippen molar-refractivity contribution in [3.8, 4) is 0 Å². The number of hydrogen-bond acceptors (Lipinski definition) is 5. The number of hydrogen-bond donors (Lipinski definition) is 4. The molecule has 0 atom stereocenters. The number of aryl methyl sites for hydroxylation is 1. The van der Waals surface area contributed by atoms with Crippen molar-refractivity contribution >= 4 is 33.4 Å². The number of benzene rings is 2. The lowest BCUT2D eigenvalue weighted by atomic mass is 10.2. The maximum absolute atomic E-state index is 13.1. The fourth-order valence-corrected chi connectivity index (χ4v) is 3.42. The molecular formula is C18H17N5O6S. The van der Waals surface area contributed by atoms with E-state index in [1.54, 1.807) is 55.5 Å². The molecular weight excluding hydrogens is 414 g/mol. The van der Waals surface area contributed by atoms with Crippen LogP contribution < -0.4 is 26.0 Å². The normalized spacial score (nSPS) is 11.0. The Morgan fingerprint density at radius 1 is 1.00 bits per heavy atom. The Balaban J connectivity index is 2.22. The van der Waals surface area contributed by atoms with Crippen LogP contribution in [-0.4, -0.2) is 29.0 Å². The van der Waals surface area contributed by atoms with E-state index in [0.717, 1.165) is 6.20 Å². The number of carbonyl (C=O) groups excluding carboxylic acids is 1. The maximum atomic E-state index is 13.1. The highest BCUT2D eigenvalue weighted by molar-refractivity contribution is 7.87. The SMILES string of the molecule is Cc1ccccc1N(C(=O)Nc1ccccc1)N(c1c[nH]c(=O)[nH]c1=O)S(=O)(=O)O. The zero-order chi connectivity index (χ0) is 21.9. The molecule has 11 nitrogen and oxygen atoms in total. The van der Waals surface area contributed by atoms with Crippen LogP contribution in [0.2, 0.25) is 0 Å². The third-order valence-corrected chi connectivity index (χ3v) is 4.76. The second-order valence-electron chi connectivity index (χ2n) is 6.07. The number of para-hydroxylation sites is 2. The molecule has 0 aliphatic carbocycles. The monoisotopic (exact) mass is 431 g/mol. The molecule has 0 aliphatic heterocycles. The third kappa shape index (κ3) is 4.39. The first-order valence-electron chi connectivity index (χ1n) is 8.50. The third-order valence-electron chi connectivity index (χ3n) is 3.97. The number of nitrogens with zero attached hydrogens (tertiary/aromatic N) is 2. The number of nitrogens with one attached hydrogen (secondary N) is 3. The summed E-state index contributed by atoms with van der Waals surface area (Å²) in [5.74, 6) is 0. The Labute approximate surface area is 170 Å². The van der Waals surface area contributed by atoms with E-state index in [0.29, 0.717) is 16.3 Å². The minimum absolute atomic E-state index is 0.0640. The van der Waals surface area contributed by atoms with Crippen LogP contribution in [0.15, 0.2) is 70.4 Å². The molecule has 0 spiro atoms. The van der Waals surface area contributed by atoms with Gasteiger partial charge in [-0.25, -0.2) is 9.59 Å². The molecule has 3 aromatic rings. The number of amides is 2. The van der Waals surface area contributed by atoms with Gasteiger partial charge in [0.1, 0.15) is 0 Å². The number of H-pyrrole nitrogens is 2. The Bertz CT molecular complexity index is 1290. The molecule has 0 radical (unpaired) electrons. The van der Waals surface area contributed by atoms with Crippen LogP contribution in [0.1, 0.15) is 5.56 Å². The molecule has 1 aromatic heterocycles. The summed E-state index contributed by atoms with van der Waals surface area (Å²) in [6, 6.07) is 13.4. The first-order valence-corrected chi connectivity index (χ1v) is 9.89. The van der Waals surface area contributed by atoms with Crippen molar-refractivity contribution in [2.45, 2.75) is 6.92 Å². The molecule has 156 valence electrons. The maximum Gasteiger partial charge on any atom is 0.378 e. The van der Waals surface area contributed by atoms with Gasteiger partial charge < -0.3 is 10.3 Å². The van der Waals surface area contributed by atoms with Crippen LogP contribution in [0.4, 0.5) is 21.9 Å². The van der Waals surface area contributed by atoms with Gasteiger partial charge in [0.05, 0.1) is 5.69 Å². The van der Waals surface area contributed by atoms with Crippen LogP contribution in [0, 0.1) is 6.92 Å². The Hall–Kier alpha value is -3.90. The van der Waals surface area contributed by atoms with E-state index >= 15 is 0 Å². The molecule has 3 rings (SSSR count). The van der Waals surface area contributed by atoms with Gasteiger partial charge in [-0.15, -0.1) is 4.41 Å². The second-order valence-corrected chi connectivity index (χ2v) is 7.31. The van der Waals surface area contributed by atoms with E-state index in [1.165, 1.54) is 6.07 Å². The first kappa shape index (κ1) is 20.8. The van der Waals surface area contributed by atoms with Crippen molar-refractivity contribution in [3.63, 3.8) is 0 Å². The Kier molecular flexibility index (Phi) is 5.71. The predicted molar refractivity (Wildman–Crippen MR) is 111 cm³/mol. The van der Waals surface area contributed by atoms with Crippen molar-refractivity contribution in [3.05, 3.63) is 87.2 Å². The Morgan fingerprint density at radius 2 is 1.63 bits per heavy atom. The van der Waals surface area contributed by atoms with E-state index in [1.807, 2.05) is 4.98 Å². The summed E-state index contributed by atoms with van der Waals surface area (Å²) in [5.41, 5.74) is -1.86. The summed E-state index contributed by atoms with van der Waals surface area (Å²) in [5, 5.41) is 3.09. The molecule has 1 heterocycles. The zero-order valence-corrected chi connectivity index (χ0v) is 16.4. The van der Waals surface area contributed by atoms with Gasteiger partial charge in [-0.3, -0.25) is 14.3 Å². The number of rotatable bonds is 5. The average molecular weight is 431 g/mol. The van der Waals surface area contributed by atoms with E-state index in [9.17, 15) is 27.4 Å². The average Bonchev–Trinajstić information content (AvgIpc) is 2.67. The standard InChI is InChI=1S/C18H17N5O6S/c1-12-7-5-6-10-14(12)22(18(26)20-13-8-3-2-4-9-13)23(30(27,28)29)15-11-19-17(25)21-16(15)24/h2-11H,1H3,(H,20,26)(H,27,28,29)(H2,19,21,24,25). The number of aromatic nitrogens is 2. The molecule has 12 heteroatoms. The lowest BCUT2D eigenvalue weighted by molar-refractivity contribution is 0.257. The van der Waals surface area contributed by atoms with Gasteiger partial charge in [0, 0.05) is 11.9 Å². The molecule has 2 amide bonds. The lowest BCUT2D eigenvalue weighted by Gasteiger charge is -2.33. The van der Waals surface area contributed by atoms with Gasteiger partial charge in [0.2, 0.25) is 0 Å². The summed E-state index contributed by atoms with van der Waals surface area (Å²) in [6.45, 7) is 1.61. The van der Waals surface area contributed by atoms with Crippen LogP contribution in [0.5, 0.6) is 0 Å². The van der Waals surface area contributed by atoms with Gasteiger partial charge in [-0.1, -0.05) is 36.4 Å². The van der Waals surface area contributed by atoms with Gasteiger partial charge in [0.15, 0.2) is 5.69 Å². The molecule has 0 saturated carbocycles. The van der Waals surface area contributed by atoms with Crippen molar-refractivity contribution < 1.29 is 17.8 Å². The van der Waals surface area contributed by atoms with Gasteiger partial charge in [-0.05, 0) is 30.7 Å². The van der Waals surface area contributed by atoms with Crippen molar-refractivity contribution in [2.24, 2.45) is 0 Å². The highest BCUT2D eigenvalue weighted by atomic mass is 32.2. The minimum Gasteiger partial charge on any atom is -0.312 e. The molecule has 0 aliphatic rings. The summed E-state index contributed by atoms with van der Waals surface area (Å²) < 4.78 is 34.5. The molecule has 2 aromatic carbocycles. The molecule has 0 saturated heterocycles. The van der Waals surface area contributed by atoms with Gasteiger partial charge in [0.25, 0.3) is 5.56 Å². The van der Waals surface area contributed by atoms with Crippen molar-refractivity contribution in [1.82, 2.24) is 9.97 Å². The van der Waals surface area contributed by atoms with Crippen LogP contribution in [-0.2, 0) is 10.3 Å². The van der Waals surface area contributed by atoms with Gasteiger partial charge in [-0.2, -0.15) is 13.4 Å². The summed E-state index contributed by atoms with van der Waals surface area (Å²) in [4.78, 5) is 40.7. The van der Waals surface area contributed by atoms with E-state index in [4.69, 9.17) is 0 Å². The van der Waals surface area contributed by atoms with Crippen LogP contribution in [0.3, 0.4) is 0 Å². The summed E-state index contributed by atoms with van der Waals surface area (Å²) in [7, 11) is -5.20. The van der Waals surface area contributed by atoms with E-state index < -0.39 is 33.3 Å². The quantitative estimate of drug-likeness (QED) is 0.355. The number of carbonyl (C=O) groups is 1. The van der Waals surface area contributed by atoms with Crippen LogP contribution in [0.25, 0.3) is 0 Å². The summed E-state index contributed by atoms with van der Waals surface area (Å²) in [6.07, 6.45) is 0.774. The fourth-order valence-electron chi connectivity index (χ4n) is 2.67. The summed E-state index contributed by atoms with van der Waals surface area (Å²) >= 11 is 0. The fraction of sp³-hybridized carbons (Fsp3) is 0.0556. The molecule has 0 unspecified atom stereocenters. The van der Waals surface area contributed by atoms with Crippen LogP contribution >= 0.6 is 0 Å². The first-order chi connectivity index (χ1) is 14.2. The minimum atomic E-state index is -5.20. The van der Waals surface area contributed by atoms with E-state index in [-0.39, 0.29) is 10.1 Å². The molecule has 30 heavy (non-hydrogen) atoms. The topological polar surface area (TPSA) is 156 Å². The highest BCUT2D eigenvalue weighted by Gasteiger charge is 2.35. The molecule has 0 bridgehead atoms. The lowest BCUT2D eigenvalue weighted by Crippen LogP contribution is -2.54. The largest absolute Gasteiger partial charge is 0.378 e. The van der Waals surface area contributed by atoms with E-state index in [2.05, 4.69) is 10.3 Å². The van der Waals surface area contributed by atoms with Crippen molar-refractivity contribution in [1.29, 1.82) is 0 Å². The number of urea groups is 1. The Morgan fingerprint density at radius 3 is 2.23 bits per heavy atom. The molecule has 0 fully saturated rings. The zero-order valence-electron chi connectivity index (χ0n) is 15.6. The van der Waals surface area contributed by atoms with Gasteiger partial charge >= 0.3 is 22.0 Å². The second kappa shape index (κ2) is 8.23. The number of anilines is 3. The number of hydrazine groups is 1.